The maximum absolute atomic E-state index is 6.31. The molecule has 4 bridgehead atoms. The van der Waals surface area contributed by atoms with Crippen molar-refractivity contribution in [3.05, 3.63) is 23.4 Å². The molecule has 110 valence electrons. The van der Waals surface area contributed by atoms with Crippen LogP contribution >= 0.6 is 11.6 Å². The standard InChI is InChI=1S/C16H19ClN4/c17-13-8-18-9-15-20-19-14(21(13)15)7-16-4-10-1-11(5-16)3-12(2-10)6-16/h8-12H,1-7H2. The summed E-state index contributed by atoms with van der Waals surface area (Å²) in [4.78, 5) is 4.10. The Morgan fingerprint density at radius 3 is 2.38 bits per heavy atom. The number of halogens is 1. The molecule has 6 rings (SSSR count). The summed E-state index contributed by atoms with van der Waals surface area (Å²) in [5.41, 5.74) is 1.23. The second-order valence-electron chi connectivity index (χ2n) is 7.63. The summed E-state index contributed by atoms with van der Waals surface area (Å²) in [5.74, 6) is 3.92. The molecule has 0 atom stereocenters. The van der Waals surface area contributed by atoms with Crippen molar-refractivity contribution in [2.24, 2.45) is 23.2 Å². The molecule has 2 heterocycles. The van der Waals surface area contributed by atoms with E-state index >= 15 is 0 Å². The molecular formula is C16H19ClN4. The fourth-order valence-electron chi connectivity index (χ4n) is 5.83. The molecule has 2 aromatic rings. The van der Waals surface area contributed by atoms with Crippen molar-refractivity contribution in [1.82, 2.24) is 19.6 Å². The molecule has 0 saturated heterocycles. The van der Waals surface area contributed by atoms with Crippen LogP contribution in [0.1, 0.15) is 44.3 Å². The Morgan fingerprint density at radius 2 is 1.71 bits per heavy atom. The first-order chi connectivity index (χ1) is 10.2. The van der Waals surface area contributed by atoms with Crippen molar-refractivity contribution < 1.29 is 0 Å². The Kier molecular flexibility index (Phi) is 2.47. The molecule has 4 aliphatic rings. The minimum absolute atomic E-state index is 0.463. The fourth-order valence-corrected chi connectivity index (χ4v) is 6.07. The summed E-state index contributed by atoms with van der Waals surface area (Å²) < 4.78 is 1.98. The highest BCUT2D eigenvalue weighted by atomic mass is 35.5. The molecule has 0 unspecified atom stereocenters. The molecule has 0 radical (unpaired) electrons. The van der Waals surface area contributed by atoms with Crippen LogP contribution < -0.4 is 0 Å². The van der Waals surface area contributed by atoms with E-state index in [-0.39, 0.29) is 0 Å². The second kappa shape index (κ2) is 4.19. The van der Waals surface area contributed by atoms with Crippen molar-refractivity contribution in [3.8, 4) is 0 Å². The monoisotopic (exact) mass is 302 g/mol. The molecule has 5 heteroatoms. The van der Waals surface area contributed by atoms with Gasteiger partial charge in [0.2, 0.25) is 0 Å². The molecule has 21 heavy (non-hydrogen) atoms. The van der Waals surface area contributed by atoms with E-state index in [0.717, 1.165) is 35.6 Å². The lowest BCUT2D eigenvalue weighted by molar-refractivity contribution is -0.0532. The summed E-state index contributed by atoms with van der Waals surface area (Å²) in [6, 6.07) is 0. The first-order valence-electron chi connectivity index (χ1n) is 8.04. The van der Waals surface area contributed by atoms with Gasteiger partial charge in [0.1, 0.15) is 11.0 Å². The lowest BCUT2D eigenvalue weighted by Gasteiger charge is -2.56. The van der Waals surface area contributed by atoms with Crippen molar-refractivity contribution in [1.29, 1.82) is 0 Å². The largest absolute Gasteiger partial charge is 0.266 e. The Bertz CT molecular complexity index is 672. The normalized spacial score (nSPS) is 37.5. The minimum Gasteiger partial charge on any atom is -0.266 e. The molecule has 0 aliphatic heterocycles. The van der Waals surface area contributed by atoms with Crippen molar-refractivity contribution in [2.75, 3.05) is 0 Å². The van der Waals surface area contributed by atoms with Gasteiger partial charge < -0.3 is 0 Å². The smallest absolute Gasteiger partial charge is 0.180 e. The number of nitrogens with zero attached hydrogens (tertiary/aromatic N) is 4. The number of fused-ring (bicyclic) bond motifs is 1. The average Bonchev–Trinajstić information content (AvgIpc) is 2.81. The molecule has 0 spiro atoms. The predicted octanol–water partition coefficient (Wildman–Crippen LogP) is 3.54. The highest BCUT2D eigenvalue weighted by Gasteiger charge is 2.51. The van der Waals surface area contributed by atoms with Crippen molar-refractivity contribution >= 4 is 17.2 Å². The predicted molar refractivity (Wildman–Crippen MR) is 80.1 cm³/mol. The Balaban J connectivity index is 1.54. The lowest BCUT2D eigenvalue weighted by atomic mass is 9.49. The molecule has 4 saturated carbocycles. The van der Waals surface area contributed by atoms with Crippen LogP contribution in [0.3, 0.4) is 0 Å². The van der Waals surface area contributed by atoms with E-state index in [0.29, 0.717) is 10.6 Å². The average molecular weight is 303 g/mol. The van der Waals surface area contributed by atoms with Crippen LogP contribution in [0.4, 0.5) is 0 Å². The van der Waals surface area contributed by atoms with Crippen molar-refractivity contribution in [3.63, 3.8) is 0 Å². The summed E-state index contributed by atoms with van der Waals surface area (Å²) in [6.45, 7) is 0. The van der Waals surface area contributed by atoms with Crippen LogP contribution in [0.5, 0.6) is 0 Å². The summed E-state index contributed by atoms with van der Waals surface area (Å²) in [5, 5.41) is 9.29. The summed E-state index contributed by atoms with van der Waals surface area (Å²) in [7, 11) is 0. The van der Waals surface area contributed by atoms with Gasteiger partial charge in [-0.05, 0) is 61.7 Å². The highest BCUT2D eigenvalue weighted by molar-refractivity contribution is 6.29. The molecule has 4 fully saturated rings. The molecule has 4 aliphatic carbocycles. The van der Waals surface area contributed by atoms with Crippen LogP contribution in [0.25, 0.3) is 5.65 Å². The minimum atomic E-state index is 0.463. The van der Waals surface area contributed by atoms with E-state index in [1.165, 1.54) is 38.5 Å². The number of rotatable bonds is 2. The second-order valence-corrected chi connectivity index (χ2v) is 8.02. The van der Waals surface area contributed by atoms with Crippen molar-refractivity contribution in [2.45, 2.75) is 44.9 Å². The molecule has 0 aromatic carbocycles. The lowest BCUT2D eigenvalue weighted by Crippen LogP contribution is -2.47. The van der Waals surface area contributed by atoms with E-state index in [4.69, 9.17) is 11.6 Å². The van der Waals surface area contributed by atoms with Crippen LogP contribution in [-0.4, -0.2) is 19.6 Å². The van der Waals surface area contributed by atoms with Gasteiger partial charge in [0.15, 0.2) is 5.65 Å². The maximum Gasteiger partial charge on any atom is 0.180 e. The van der Waals surface area contributed by atoms with Gasteiger partial charge >= 0.3 is 0 Å². The van der Waals surface area contributed by atoms with E-state index in [1.807, 2.05) is 4.40 Å². The van der Waals surface area contributed by atoms with E-state index in [9.17, 15) is 0 Å². The van der Waals surface area contributed by atoms with Gasteiger partial charge in [0, 0.05) is 6.42 Å². The van der Waals surface area contributed by atoms with Gasteiger partial charge in [-0.25, -0.2) is 0 Å². The Hall–Kier alpha value is -1.16. The fraction of sp³-hybridized carbons (Fsp3) is 0.688. The van der Waals surface area contributed by atoms with Crippen LogP contribution in [0, 0.1) is 23.2 Å². The van der Waals surface area contributed by atoms with Crippen LogP contribution in [0.15, 0.2) is 12.4 Å². The van der Waals surface area contributed by atoms with Gasteiger partial charge in [0.25, 0.3) is 0 Å². The first-order valence-corrected chi connectivity index (χ1v) is 8.42. The van der Waals surface area contributed by atoms with Gasteiger partial charge in [0.05, 0.1) is 12.4 Å². The molecule has 2 aromatic heterocycles. The van der Waals surface area contributed by atoms with E-state index in [2.05, 4.69) is 15.2 Å². The quantitative estimate of drug-likeness (QED) is 0.852. The van der Waals surface area contributed by atoms with Gasteiger partial charge in [-0.2, -0.15) is 0 Å². The zero-order valence-electron chi connectivity index (χ0n) is 12.0. The third-order valence-corrected chi connectivity index (χ3v) is 6.30. The number of aromatic nitrogens is 4. The zero-order chi connectivity index (χ0) is 14.0. The third kappa shape index (κ3) is 1.84. The van der Waals surface area contributed by atoms with E-state index < -0.39 is 0 Å². The highest BCUT2D eigenvalue weighted by Crippen LogP contribution is 2.60. The third-order valence-electron chi connectivity index (χ3n) is 6.04. The Labute approximate surface area is 128 Å². The first kappa shape index (κ1) is 12.4. The summed E-state index contributed by atoms with van der Waals surface area (Å²) >= 11 is 6.31. The van der Waals surface area contributed by atoms with Gasteiger partial charge in [-0.1, -0.05) is 11.6 Å². The van der Waals surface area contributed by atoms with E-state index in [1.54, 1.807) is 12.4 Å². The molecule has 4 nitrogen and oxygen atoms in total. The molecular weight excluding hydrogens is 284 g/mol. The van der Waals surface area contributed by atoms with Gasteiger partial charge in [-0.15, -0.1) is 10.2 Å². The Morgan fingerprint density at radius 1 is 1.05 bits per heavy atom. The molecule has 0 amide bonds. The SMILES string of the molecule is Clc1cncc2nnc(CC34CC5CC(CC(C5)C3)C4)n12. The topological polar surface area (TPSA) is 43.1 Å². The summed E-state index contributed by atoms with van der Waals surface area (Å²) in [6.07, 6.45) is 13.0. The van der Waals surface area contributed by atoms with Gasteiger partial charge in [-0.3, -0.25) is 9.38 Å². The van der Waals surface area contributed by atoms with Crippen LogP contribution in [-0.2, 0) is 6.42 Å². The van der Waals surface area contributed by atoms with Crippen LogP contribution in [0.2, 0.25) is 5.15 Å². The number of hydrogen-bond donors (Lipinski definition) is 0. The molecule has 0 N–H and O–H groups in total. The zero-order valence-corrected chi connectivity index (χ0v) is 12.8. The number of hydrogen-bond acceptors (Lipinski definition) is 3. The maximum atomic E-state index is 6.31.